The third kappa shape index (κ3) is 2.65. The molecule has 1 aromatic heterocycles. The molecule has 1 aliphatic carbocycles. The minimum absolute atomic E-state index is 0.444. The maximum Gasteiger partial charge on any atom is 0.174 e. The van der Waals surface area contributed by atoms with Crippen molar-refractivity contribution in [2.75, 3.05) is 5.75 Å². The lowest BCUT2D eigenvalue weighted by Gasteiger charge is -2.06. The van der Waals surface area contributed by atoms with E-state index < -0.39 is 0 Å². The highest BCUT2D eigenvalue weighted by Gasteiger charge is 2.21. The summed E-state index contributed by atoms with van der Waals surface area (Å²) in [5.74, 6) is 1.95. The van der Waals surface area contributed by atoms with Gasteiger partial charge in [0.25, 0.3) is 0 Å². The van der Waals surface area contributed by atoms with Crippen molar-refractivity contribution < 1.29 is 0 Å². The molecule has 3 nitrogen and oxygen atoms in total. The molecule has 1 aromatic rings. The summed E-state index contributed by atoms with van der Waals surface area (Å²) in [7, 11) is 0. The average Bonchev–Trinajstić information content (AvgIpc) is 2.71. The molecule has 2 unspecified atom stereocenters. The monoisotopic (exact) mass is 215 g/mol. The van der Waals surface area contributed by atoms with Crippen LogP contribution in [-0.2, 0) is 0 Å². The molecule has 1 fully saturated rings. The first kappa shape index (κ1) is 9.43. The molecule has 2 atom stereocenters. The van der Waals surface area contributed by atoms with Crippen molar-refractivity contribution >= 4 is 23.1 Å². The van der Waals surface area contributed by atoms with E-state index in [0.29, 0.717) is 6.04 Å². The number of thioether (sulfide) groups is 1. The Balaban J connectivity index is 1.74. The molecule has 2 N–H and O–H groups in total. The maximum atomic E-state index is 5.84. The van der Waals surface area contributed by atoms with Crippen LogP contribution in [0.1, 0.15) is 19.3 Å². The largest absolute Gasteiger partial charge is 0.328 e. The number of nitrogens with zero attached hydrogens (tertiary/aromatic N) is 2. The van der Waals surface area contributed by atoms with Crippen LogP contribution in [0, 0.1) is 5.92 Å². The van der Waals surface area contributed by atoms with Gasteiger partial charge in [-0.3, -0.25) is 0 Å². The van der Waals surface area contributed by atoms with Crippen molar-refractivity contribution in [2.45, 2.75) is 29.6 Å². The predicted molar refractivity (Wildman–Crippen MR) is 55.9 cm³/mol. The molecule has 13 heavy (non-hydrogen) atoms. The maximum absolute atomic E-state index is 5.84. The number of aromatic nitrogens is 2. The molecule has 0 amide bonds. The zero-order valence-corrected chi connectivity index (χ0v) is 8.98. The fraction of sp³-hybridized carbons (Fsp3) is 0.750. The number of nitrogens with two attached hydrogens (primary N) is 1. The van der Waals surface area contributed by atoms with E-state index in [1.807, 2.05) is 11.8 Å². The summed E-state index contributed by atoms with van der Waals surface area (Å²) in [6.07, 6.45) is 3.67. The summed E-state index contributed by atoms with van der Waals surface area (Å²) < 4.78 is 1.08. The van der Waals surface area contributed by atoms with Gasteiger partial charge in [-0.15, -0.1) is 10.2 Å². The summed E-state index contributed by atoms with van der Waals surface area (Å²) in [6.45, 7) is 0. The second-order valence-electron chi connectivity index (χ2n) is 3.45. The van der Waals surface area contributed by atoms with Crippen LogP contribution in [0.15, 0.2) is 9.85 Å². The zero-order valence-electron chi connectivity index (χ0n) is 7.35. The topological polar surface area (TPSA) is 51.8 Å². The molecular formula is C8H13N3S2. The van der Waals surface area contributed by atoms with Crippen LogP contribution in [0.2, 0.25) is 0 Å². The molecule has 0 aromatic carbocycles. The van der Waals surface area contributed by atoms with Gasteiger partial charge < -0.3 is 5.73 Å². The molecule has 72 valence electrons. The van der Waals surface area contributed by atoms with Gasteiger partial charge in [-0.1, -0.05) is 23.1 Å². The standard InChI is InChI=1S/C8H13N3S2/c9-7-2-1-6(3-7)4-12-8-11-10-5-13-8/h5-7H,1-4,9H2. The fourth-order valence-electron chi connectivity index (χ4n) is 1.68. The lowest BCUT2D eigenvalue weighted by Crippen LogP contribution is -2.15. The van der Waals surface area contributed by atoms with Crippen LogP contribution in [0.5, 0.6) is 0 Å². The Morgan fingerprint density at radius 1 is 1.62 bits per heavy atom. The average molecular weight is 215 g/mol. The Morgan fingerprint density at radius 3 is 3.15 bits per heavy atom. The number of hydrogen-bond acceptors (Lipinski definition) is 5. The van der Waals surface area contributed by atoms with E-state index in [4.69, 9.17) is 5.73 Å². The zero-order chi connectivity index (χ0) is 9.10. The smallest absolute Gasteiger partial charge is 0.174 e. The Bertz CT molecular complexity index is 250. The van der Waals surface area contributed by atoms with Crippen LogP contribution in [0.25, 0.3) is 0 Å². The van der Waals surface area contributed by atoms with Gasteiger partial charge in [0.05, 0.1) is 0 Å². The Morgan fingerprint density at radius 2 is 2.54 bits per heavy atom. The van der Waals surface area contributed by atoms with Crippen molar-refractivity contribution in [3.63, 3.8) is 0 Å². The van der Waals surface area contributed by atoms with Gasteiger partial charge in [0, 0.05) is 11.8 Å². The lowest BCUT2D eigenvalue weighted by molar-refractivity contribution is 0.603. The van der Waals surface area contributed by atoms with E-state index in [0.717, 1.165) is 16.0 Å². The second kappa shape index (κ2) is 4.39. The Kier molecular flexibility index (Phi) is 3.18. The van der Waals surface area contributed by atoms with Crippen molar-refractivity contribution in [2.24, 2.45) is 11.7 Å². The van der Waals surface area contributed by atoms with E-state index in [1.165, 1.54) is 19.3 Å². The summed E-state index contributed by atoms with van der Waals surface area (Å²) >= 11 is 3.43. The first-order valence-electron chi connectivity index (χ1n) is 4.49. The van der Waals surface area contributed by atoms with Crippen LogP contribution in [0.3, 0.4) is 0 Å². The van der Waals surface area contributed by atoms with Gasteiger partial charge in [0.15, 0.2) is 4.34 Å². The normalized spacial score (nSPS) is 28.1. The van der Waals surface area contributed by atoms with E-state index >= 15 is 0 Å². The fourth-order valence-corrected chi connectivity index (χ4v) is 3.35. The molecule has 0 saturated heterocycles. The third-order valence-electron chi connectivity index (χ3n) is 2.36. The van der Waals surface area contributed by atoms with Crippen LogP contribution in [-0.4, -0.2) is 22.0 Å². The van der Waals surface area contributed by atoms with E-state index in [1.54, 1.807) is 16.8 Å². The molecule has 1 heterocycles. The SMILES string of the molecule is NC1CCC(CSc2nncs2)C1. The first-order valence-corrected chi connectivity index (χ1v) is 6.35. The molecular weight excluding hydrogens is 202 g/mol. The van der Waals surface area contributed by atoms with Crippen LogP contribution < -0.4 is 5.73 Å². The van der Waals surface area contributed by atoms with Crippen molar-refractivity contribution in [1.29, 1.82) is 0 Å². The summed E-state index contributed by atoms with van der Waals surface area (Å²) in [5, 5.41) is 7.80. The van der Waals surface area contributed by atoms with E-state index in [-0.39, 0.29) is 0 Å². The van der Waals surface area contributed by atoms with Crippen molar-refractivity contribution in [1.82, 2.24) is 10.2 Å². The summed E-state index contributed by atoms with van der Waals surface area (Å²) in [6, 6.07) is 0.444. The Labute approximate surface area is 86.1 Å². The summed E-state index contributed by atoms with van der Waals surface area (Å²) in [4.78, 5) is 0. The third-order valence-corrected chi connectivity index (χ3v) is 4.46. The minimum atomic E-state index is 0.444. The molecule has 1 saturated carbocycles. The van der Waals surface area contributed by atoms with Gasteiger partial charge in [0.1, 0.15) is 5.51 Å². The highest BCUT2D eigenvalue weighted by Crippen LogP contribution is 2.30. The number of hydrogen-bond donors (Lipinski definition) is 1. The lowest BCUT2D eigenvalue weighted by atomic mass is 10.1. The summed E-state index contributed by atoms with van der Waals surface area (Å²) in [5.41, 5.74) is 7.62. The second-order valence-corrected chi connectivity index (χ2v) is 5.56. The molecule has 0 aliphatic heterocycles. The molecule has 2 rings (SSSR count). The van der Waals surface area contributed by atoms with Gasteiger partial charge in [-0.2, -0.15) is 0 Å². The van der Waals surface area contributed by atoms with Gasteiger partial charge in [0.2, 0.25) is 0 Å². The Hall–Kier alpha value is -0.130. The van der Waals surface area contributed by atoms with Crippen LogP contribution >= 0.6 is 23.1 Å². The molecule has 1 aliphatic rings. The van der Waals surface area contributed by atoms with E-state index in [9.17, 15) is 0 Å². The molecule has 5 heteroatoms. The quantitative estimate of drug-likeness (QED) is 0.781. The van der Waals surface area contributed by atoms with Crippen molar-refractivity contribution in [3.8, 4) is 0 Å². The highest BCUT2D eigenvalue weighted by atomic mass is 32.2. The number of rotatable bonds is 3. The van der Waals surface area contributed by atoms with Crippen LogP contribution in [0.4, 0.5) is 0 Å². The van der Waals surface area contributed by atoms with Gasteiger partial charge in [-0.05, 0) is 25.2 Å². The minimum Gasteiger partial charge on any atom is -0.328 e. The van der Waals surface area contributed by atoms with E-state index in [2.05, 4.69) is 10.2 Å². The molecule has 0 radical (unpaired) electrons. The van der Waals surface area contributed by atoms with Gasteiger partial charge in [-0.25, -0.2) is 0 Å². The predicted octanol–water partition coefficient (Wildman–Crippen LogP) is 1.76. The van der Waals surface area contributed by atoms with Crippen molar-refractivity contribution in [3.05, 3.63) is 5.51 Å². The molecule has 0 spiro atoms. The van der Waals surface area contributed by atoms with Gasteiger partial charge >= 0.3 is 0 Å². The highest BCUT2D eigenvalue weighted by molar-refractivity contribution is 8.01. The molecule has 0 bridgehead atoms. The first-order chi connectivity index (χ1) is 6.34.